The fourth-order valence-corrected chi connectivity index (χ4v) is 5.88. The van der Waals surface area contributed by atoms with E-state index in [-0.39, 0.29) is 0 Å². The molecule has 2 heteroatoms. The van der Waals surface area contributed by atoms with E-state index in [1.54, 1.807) is 0 Å². The average Bonchev–Trinajstić information content (AvgIpc) is 3.05. The van der Waals surface area contributed by atoms with Crippen molar-refractivity contribution in [2.75, 3.05) is 9.80 Å². The van der Waals surface area contributed by atoms with Gasteiger partial charge in [-0.1, -0.05) is 145 Å². The topological polar surface area (TPSA) is 6.48 Å². The van der Waals surface area contributed by atoms with E-state index in [0.717, 1.165) is 26.2 Å². The Kier molecular flexibility index (Phi) is 9.18. The van der Waals surface area contributed by atoms with Gasteiger partial charge < -0.3 is 9.80 Å². The van der Waals surface area contributed by atoms with Crippen molar-refractivity contribution >= 4 is 11.4 Å². The molecule has 0 unspecified atom stereocenters. The predicted molar refractivity (Wildman–Crippen MR) is 187 cm³/mol. The molecule has 0 N–H and O–H groups in total. The van der Waals surface area contributed by atoms with Crippen LogP contribution >= 0.6 is 0 Å². The summed E-state index contributed by atoms with van der Waals surface area (Å²) in [6, 6.07) is 57.2. The van der Waals surface area contributed by atoms with Crippen LogP contribution in [0.15, 0.2) is 158 Å². The van der Waals surface area contributed by atoms with E-state index in [2.05, 4.69) is 181 Å². The SMILES string of the molecule is Cc1cccc(CN(Cc2ccccc2)c2ccc(-c3ccc(N(Cc4ccccc4)Cc4cccc(C)c4)cc3)cc2)c1. The third kappa shape index (κ3) is 7.65. The Balaban J connectivity index is 1.22. The summed E-state index contributed by atoms with van der Waals surface area (Å²) >= 11 is 0. The summed E-state index contributed by atoms with van der Waals surface area (Å²) in [6.07, 6.45) is 0. The van der Waals surface area contributed by atoms with Gasteiger partial charge in [0.05, 0.1) is 0 Å². The molecule has 0 amide bonds. The van der Waals surface area contributed by atoms with Crippen LogP contribution in [0.5, 0.6) is 0 Å². The molecule has 0 bridgehead atoms. The Labute approximate surface area is 262 Å². The summed E-state index contributed by atoms with van der Waals surface area (Å²) in [7, 11) is 0. The first kappa shape index (κ1) is 29.0. The Morgan fingerprint density at radius 3 is 1.05 bits per heavy atom. The molecule has 0 fully saturated rings. The van der Waals surface area contributed by atoms with Crippen molar-refractivity contribution in [3.8, 4) is 11.1 Å². The minimum Gasteiger partial charge on any atom is -0.363 e. The molecule has 0 aliphatic carbocycles. The molecule has 0 atom stereocenters. The van der Waals surface area contributed by atoms with Crippen LogP contribution in [-0.4, -0.2) is 0 Å². The van der Waals surface area contributed by atoms with Crippen LogP contribution in [-0.2, 0) is 26.2 Å². The number of anilines is 2. The van der Waals surface area contributed by atoms with Crippen LogP contribution in [0, 0.1) is 13.8 Å². The molecule has 0 radical (unpaired) electrons. The standard InChI is InChI=1S/C42H40N2/c1-33-11-9-17-37(27-33)31-43(29-35-13-5-3-6-14-35)41-23-19-39(20-24-41)40-21-25-42(26-22-40)44(30-36-15-7-4-8-16-36)32-38-18-10-12-34(2)28-38/h3-28H,29-32H2,1-2H3. The second kappa shape index (κ2) is 13.9. The lowest BCUT2D eigenvalue weighted by Gasteiger charge is -2.26. The summed E-state index contributed by atoms with van der Waals surface area (Å²) in [5, 5.41) is 0. The largest absolute Gasteiger partial charge is 0.363 e. The van der Waals surface area contributed by atoms with Crippen LogP contribution in [0.1, 0.15) is 33.4 Å². The fourth-order valence-electron chi connectivity index (χ4n) is 5.88. The van der Waals surface area contributed by atoms with Gasteiger partial charge >= 0.3 is 0 Å². The molecule has 0 spiro atoms. The monoisotopic (exact) mass is 572 g/mol. The normalized spacial score (nSPS) is 10.9. The second-order valence-electron chi connectivity index (χ2n) is 11.8. The van der Waals surface area contributed by atoms with Crippen LogP contribution in [0.2, 0.25) is 0 Å². The summed E-state index contributed by atoms with van der Waals surface area (Å²) in [6.45, 7) is 7.77. The fraction of sp³-hybridized carbons (Fsp3) is 0.143. The molecule has 0 saturated carbocycles. The first-order valence-electron chi connectivity index (χ1n) is 15.5. The lowest BCUT2D eigenvalue weighted by molar-refractivity contribution is 0.799. The Morgan fingerprint density at radius 1 is 0.341 bits per heavy atom. The lowest BCUT2D eigenvalue weighted by Crippen LogP contribution is -2.22. The predicted octanol–water partition coefficient (Wildman–Crippen LogP) is 10.4. The minimum absolute atomic E-state index is 0.862. The summed E-state index contributed by atoms with van der Waals surface area (Å²) in [4.78, 5) is 4.92. The van der Waals surface area contributed by atoms with Gasteiger partial charge in [-0.05, 0) is 71.5 Å². The number of aryl methyl sites for hydroxylation is 2. The molecule has 6 rings (SSSR count). The van der Waals surface area contributed by atoms with Crippen molar-refractivity contribution in [1.82, 2.24) is 0 Å². The third-order valence-corrected chi connectivity index (χ3v) is 8.14. The van der Waals surface area contributed by atoms with Gasteiger partial charge in [-0.3, -0.25) is 0 Å². The number of hydrogen-bond donors (Lipinski definition) is 0. The maximum Gasteiger partial charge on any atom is 0.0433 e. The summed E-state index contributed by atoms with van der Waals surface area (Å²) in [5.41, 5.74) is 12.8. The molecule has 218 valence electrons. The molecule has 6 aromatic carbocycles. The second-order valence-corrected chi connectivity index (χ2v) is 11.8. The Bertz CT molecular complexity index is 1620. The van der Waals surface area contributed by atoms with Crippen molar-refractivity contribution in [3.05, 3.63) is 191 Å². The van der Waals surface area contributed by atoms with E-state index < -0.39 is 0 Å². The Hall–Kier alpha value is -5.08. The zero-order valence-corrected chi connectivity index (χ0v) is 25.7. The van der Waals surface area contributed by atoms with Gasteiger partial charge in [0, 0.05) is 37.6 Å². The van der Waals surface area contributed by atoms with E-state index in [1.165, 1.54) is 55.9 Å². The maximum absolute atomic E-state index is 2.46. The minimum atomic E-state index is 0.862. The van der Waals surface area contributed by atoms with Crippen molar-refractivity contribution in [3.63, 3.8) is 0 Å². The molecular weight excluding hydrogens is 532 g/mol. The molecule has 0 aliphatic heterocycles. The maximum atomic E-state index is 2.46. The van der Waals surface area contributed by atoms with Crippen LogP contribution in [0.4, 0.5) is 11.4 Å². The molecule has 44 heavy (non-hydrogen) atoms. The highest BCUT2D eigenvalue weighted by molar-refractivity contribution is 5.69. The molecular formula is C42H40N2. The van der Waals surface area contributed by atoms with Gasteiger partial charge in [0.25, 0.3) is 0 Å². The zero-order chi connectivity index (χ0) is 30.1. The number of nitrogens with zero attached hydrogens (tertiary/aromatic N) is 2. The molecule has 0 aliphatic rings. The lowest BCUT2D eigenvalue weighted by atomic mass is 10.0. The van der Waals surface area contributed by atoms with Crippen molar-refractivity contribution in [2.24, 2.45) is 0 Å². The highest BCUT2D eigenvalue weighted by Crippen LogP contribution is 2.29. The number of hydrogen-bond acceptors (Lipinski definition) is 2. The third-order valence-electron chi connectivity index (χ3n) is 8.14. The quantitative estimate of drug-likeness (QED) is 0.152. The number of rotatable bonds is 11. The van der Waals surface area contributed by atoms with Gasteiger partial charge in [0.15, 0.2) is 0 Å². The smallest absolute Gasteiger partial charge is 0.0433 e. The van der Waals surface area contributed by atoms with Crippen LogP contribution in [0.3, 0.4) is 0 Å². The van der Waals surface area contributed by atoms with Gasteiger partial charge in [0.1, 0.15) is 0 Å². The summed E-state index contributed by atoms with van der Waals surface area (Å²) < 4.78 is 0. The van der Waals surface area contributed by atoms with Gasteiger partial charge in [-0.25, -0.2) is 0 Å². The van der Waals surface area contributed by atoms with Crippen LogP contribution < -0.4 is 9.80 Å². The highest BCUT2D eigenvalue weighted by Gasteiger charge is 2.12. The van der Waals surface area contributed by atoms with E-state index in [9.17, 15) is 0 Å². The van der Waals surface area contributed by atoms with E-state index in [0.29, 0.717) is 0 Å². The van der Waals surface area contributed by atoms with Crippen molar-refractivity contribution < 1.29 is 0 Å². The van der Waals surface area contributed by atoms with E-state index >= 15 is 0 Å². The zero-order valence-electron chi connectivity index (χ0n) is 25.7. The van der Waals surface area contributed by atoms with E-state index in [1.807, 2.05) is 0 Å². The van der Waals surface area contributed by atoms with Crippen LogP contribution in [0.25, 0.3) is 11.1 Å². The van der Waals surface area contributed by atoms with Gasteiger partial charge in [-0.2, -0.15) is 0 Å². The summed E-state index contributed by atoms with van der Waals surface area (Å²) in [5.74, 6) is 0. The molecule has 2 nitrogen and oxygen atoms in total. The average molecular weight is 573 g/mol. The molecule has 0 aromatic heterocycles. The first-order valence-corrected chi connectivity index (χ1v) is 15.5. The van der Waals surface area contributed by atoms with E-state index in [4.69, 9.17) is 0 Å². The van der Waals surface area contributed by atoms with Crippen molar-refractivity contribution in [2.45, 2.75) is 40.0 Å². The first-order chi connectivity index (χ1) is 21.6. The number of benzene rings is 6. The van der Waals surface area contributed by atoms with Crippen molar-refractivity contribution in [1.29, 1.82) is 0 Å². The Morgan fingerprint density at radius 2 is 0.682 bits per heavy atom. The highest BCUT2D eigenvalue weighted by atomic mass is 15.1. The molecule has 0 heterocycles. The molecule has 6 aromatic rings. The van der Waals surface area contributed by atoms with Gasteiger partial charge in [-0.15, -0.1) is 0 Å². The van der Waals surface area contributed by atoms with Gasteiger partial charge in [0.2, 0.25) is 0 Å². The molecule has 0 saturated heterocycles.